The van der Waals surface area contributed by atoms with Crippen LogP contribution in [0.15, 0.2) is 187 Å². The first-order valence-electron chi connectivity index (χ1n) is 17.0. The Morgan fingerprint density at radius 3 is 1.75 bits per heavy atom. The van der Waals surface area contributed by atoms with Crippen molar-refractivity contribution in [3.05, 3.63) is 180 Å². The average molecular weight is 718 g/mol. The van der Waals surface area contributed by atoms with Crippen LogP contribution in [0.2, 0.25) is 0 Å². The second kappa shape index (κ2) is 13.9. The molecular formula is C45H28BN3S3. The van der Waals surface area contributed by atoms with E-state index in [0.717, 1.165) is 32.4 Å². The first kappa shape index (κ1) is 32.3. The van der Waals surface area contributed by atoms with Crippen LogP contribution in [0.1, 0.15) is 22.3 Å². The first-order valence-corrected chi connectivity index (χ1v) is 19.5. The van der Waals surface area contributed by atoms with E-state index in [0.29, 0.717) is 17.5 Å². The van der Waals surface area contributed by atoms with Gasteiger partial charge < -0.3 is 4.90 Å². The summed E-state index contributed by atoms with van der Waals surface area (Å²) >= 11 is 5.34. The number of hydrogen-bond donors (Lipinski definition) is 0. The van der Waals surface area contributed by atoms with E-state index in [-0.39, 0.29) is 6.71 Å². The van der Waals surface area contributed by atoms with Crippen LogP contribution in [0.3, 0.4) is 0 Å². The van der Waals surface area contributed by atoms with Crippen molar-refractivity contribution >= 4 is 75.4 Å². The van der Waals surface area contributed by atoms with Gasteiger partial charge >= 0.3 is 0 Å². The lowest BCUT2D eigenvalue weighted by Crippen LogP contribution is -2.58. The highest BCUT2D eigenvalue weighted by molar-refractivity contribution is 8.01. The molecule has 7 heteroatoms. The molecule has 2 heterocycles. The van der Waals surface area contributed by atoms with Crippen molar-refractivity contribution in [2.75, 3.05) is 4.90 Å². The topological polar surface area (TPSA) is 50.8 Å². The quantitative estimate of drug-likeness (QED) is 0.153. The molecule has 7 aromatic rings. The van der Waals surface area contributed by atoms with Crippen molar-refractivity contribution in [3.8, 4) is 12.1 Å². The zero-order valence-electron chi connectivity index (χ0n) is 27.9. The van der Waals surface area contributed by atoms with Gasteiger partial charge in [-0.2, -0.15) is 10.5 Å². The lowest BCUT2D eigenvalue weighted by Gasteiger charge is -2.35. The van der Waals surface area contributed by atoms with Crippen molar-refractivity contribution in [3.63, 3.8) is 0 Å². The molecule has 52 heavy (non-hydrogen) atoms. The van der Waals surface area contributed by atoms with Gasteiger partial charge in [-0.25, -0.2) is 0 Å². The van der Waals surface area contributed by atoms with Crippen molar-refractivity contribution in [1.82, 2.24) is 0 Å². The lowest BCUT2D eigenvalue weighted by atomic mass is 9.36. The summed E-state index contributed by atoms with van der Waals surface area (Å²) in [7, 11) is 0. The van der Waals surface area contributed by atoms with Crippen molar-refractivity contribution < 1.29 is 0 Å². The minimum Gasteiger partial charge on any atom is -0.309 e. The third kappa shape index (κ3) is 5.98. The maximum atomic E-state index is 10.0. The smallest absolute Gasteiger partial charge is 0.247 e. The number of nitriles is 2. The maximum absolute atomic E-state index is 10.0. The molecule has 0 bridgehead atoms. The number of fused-ring (bicyclic) bond motifs is 4. The Kier molecular flexibility index (Phi) is 8.63. The maximum Gasteiger partial charge on any atom is 0.247 e. The molecule has 0 spiro atoms. The van der Waals surface area contributed by atoms with Gasteiger partial charge in [0, 0.05) is 40.7 Å². The summed E-state index contributed by atoms with van der Waals surface area (Å²) in [4.78, 5) is 9.45. The molecule has 7 aromatic carbocycles. The van der Waals surface area contributed by atoms with Crippen LogP contribution in [0, 0.1) is 22.7 Å². The van der Waals surface area contributed by atoms with Gasteiger partial charge in [-0.3, -0.25) is 0 Å². The van der Waals surface area contributed by atoms with Crippen LogP contribution in [0.4, 0.5) is 17.1 Å². The SMILES string of the molecule is N#Cc1ccc(N(c2cc3c4c(c2)Sc2ccccc2B4c2ccccc2S3)c2ccc(C#N)cc2Sc2ccccc2)c(Cc2ccccc2)c1. The molecule has 0 atom stereocenters. The fourth-order valence-electron chi connectivity index (χ4n) is 7.21. The van der Waals surface area contributed by atoms with E-state index in [1.807, 2.05) is 72.1 Å². The molecule has 3 nitrogen and oxygen atoms in total. The highest BCUT2D eigenvalue weighted by atomic mass is 32.2. The molecule has 244 valence electrons. The van der Waals surface area contributed by atoms with Crippen LogP contribution in [0.25, 0.3) is 0 Å². The Hall–Kier alpha value is -5.57. The van der Waals surface area contributed by atoms with Gasteiger partial charge in [-0.05, 0) is 95.8 Å². The zero-order valence-corrected chi connectivity index (χ0v) is 30.3. The van der Waals surface area contributed by atoms with Crippen LogP contribution < -0.4 is 21.3 Å². The lowest BCUT2D eigenvalue weighted by molar-refractivity contribution is 1.13. The van der Waals surface area contributed by atoms with Crippen LogP contribution in [-0.2, 0) is 6.42 Å². The molecule has 0 aromatic heterocycles. The van der Waals surface area contributed by atoms with E-state index in [9.17, 15) is 10.5 Å². The number of benzene rings is 7. The Bertz CT molecular complexity index is 2400. The number of hydrogen-bond acceptors (Lipinski definition) is 6. The minimum absolute atomic E-state index is 0.157. The molecule has 2 aliphatic rings. The number of rotatable bonds is 7. The molecule has 0 unspecified atom stereocenters. The standard InChI is InChI=1S/C45H28BN3S3/c47-28-31-19-21-38(33(24-31)23-30-11-3-1-4-12-30)49(39-22-20-32(29-48)25-42(39)50-35-13-5-2-6-14-35)34-26-43-45-44(27-34)52-41-18-10-8-16-37(41)46(45)36-15-7-9-17-40(36)51-43/h1-22,24-27H,23H2. The van der Waals surface area contributed by atoms with E-state index in [1.165, 1.54) is 41.5 Å². The fraction of sp³-hybridized carbons (Fsp3) is 0.0222. The summed E-state index contributed by atoms with van der Waals surface area (Å²) in [6.07, 6.45) is 0.657. The van der Waals surface area contributed by atoms with Crippen molar-refractivity contribution in [2.45, 2.75) is 35.8 Å². The van der Waals surface area contributed by atoms with Crippen LogP contribution in [-0.4, -0.2) is 6.71 Å². The van der Waals surface area contributed by atoms with Crippen LogP contribution >= 0.6 is 35.3 Å². The molecular weight excluding hydrogens is 690 g/mol. The normalized spacial score (nSPS) is 12.2. The molecule has 0 fully saturated rings. The van der Waals surface area contributed by atoms with Gasteiger partial charge in [0.15, 0.2) is 0 Å². The molecule has 2 aliphatic heterocycles. The highest BCUT2D eigenvalue weighted by Crippen LogP contribution is 2.48. The Balaban J connectivity index is 1.30. The molecule has 0 saturated carbocycles. The predicted molar refractivity (Wildman–Crippen MR) is 216 cm³/mol. The first-order chi connectivity index (χ1) is 25.7. The third-order valence-corrected chi connectivity index (χ3v) is 12.9. The van der Waals surface area contributed by atoms with Gasteiger partial charge in [0.05, 0.1) is 29.0 Å². The van der Waals surface area contributed by atoms with E-state index in [1.54, 1.807) is 11.8 Å². The highest BCUT2D eigenvalue weighted by Gasteiger charge is 2.38. The fourth-order valence-corrected chi connectivity index (χ4v) is 10.7. The van der Waals surface area contributed by atoms with E-state index >= 15 is 0 Å². The predicted octanol–water partition coefficient (Wildman–Crippen LogP) is 10.1. The molecule has 0 N–H and O–H groups in total. The monoisotopic (exact) mass is 717 g/mol. The van der Waals surface area contributed by atoms with E-state index in [2.05, 4.69) is 126 Å². The second-order valence-corrected chi connectivity index (χ2v) is 16.0. The van der Waals surface area contributed by atoms with E-state index in [4.69, 9.17) is 0 Å². The summed E-state index contributed by atoms with van der Waals surface area (Å²) in [5.41, 5.74) is 10.5. The number of nitrogens with zero attached hydrogens (tertiary/aromatic N) is 3. The number of anilines is 3. The Morgan fingerprint density at radius 1 is 0.558 bits per heavy atom. The second-order valence-electron chi connectivity index (χ2n) is 12.7. The van der Waals surface area contributed by atoms with Crippen molar-refractivity contribution in [2.24, 2.45) is 0 Å². The van der Waals surface area contributed by atoms with Crippen LogP contribution in [0.5, 0.6) is 0 Å². The van der Waals surface area contributed by atoms with E-state index < -0.39 is 0 Å². The minimum atomic E-state index is 0.157. The Labute approximate surface area is 317 Å². The van der Waals surface area contributed by atoms with Gasteiger partial charge in [0.2, 0.25) is 6.71 Å². The summed E-state index contributed by atoms with van der Waals surface area (Å²) in [5.74, 6) is 0. The summed E-state index contributed by atoms with van der Waals surface area (Å²) < 4.78 is 0. The van der Waals surface area contributed by atoms with Gasteiger partial charge in [-0.1, -0.05) is 131 Å². The van der Waals surface area contributed by atoms with Crippen molar-refractivity contribution in [1.29, 1.82) is 10.5 Å². The summed E-state index contributed by atoms with van der Waals surface area (Å²) in [6, 6.07) is 59.8. The average Bonchev–Trinajstić information content (AvgIpc) is 3.19. The molecule has 9 rings (SSSR count). The summed E-state index contributed by atoms with van der Waals surface area (Å²) in [6.45, 7) is 0.157. The largest absolute Gasteiger partial charge is 0.309 e. The Morgan fingerprint density at radius 2 is 1.12 bits per heavy atom. The third-order valence-electron chi connectivity index (χ3n) is 9.52. The summed E-state index contributed by atoms with van der Waals surface area (Å²) in [5, 5.41) is 20.1. The van der Waals surface area contributed by atoms with Gasteiger partial charge in [0.25, 0.3) is 0 Å². The zero-order chi connectivity index (χ0) is 35.0. The van der Waals surface area contributed by atoms with Gasteiger partial charge in [0.1, 0.15) is 0 Å². The molecule has 0 saturated heterocycles. The molecule has 0 amide bonds. The molecule has 0 radical (unpaired) electrons. The van der Waals surface area contributed by atoms with Gasteiger partial charge in [-0.15, -0.1) is 0 Å². The molecule has 0 aliphatic carbocycles.